The molecular formula is C21H35IN4O4. The summed E-state index contributed by atoms with van der Waals surface area (Å²) >= 11 is 0. The van der Waals surface area contributed by atoms with Gasteiger partial charge >= 0.3 is 6.09 Å². The average Bonchev–Trinajstić information content (AvgIpc) is 2.63. The molecule has 30 heavy (non-hydrogen) atoms. The van der Waals surface area contributed by atoms with Gasteiger partial charge in [-0.15, -0.1) is 24.0 Å². The van der Waals surface area contributed by atoms with Gasteiger partial charge in [0.05, 0.1) is 20.3 Å². The van der Waals surface area contributed by atoms with Crippen LogP contribution in [-0.2, 0) is 11.2 Å². The Morgan fingerprint density at radius 1 is 1.20 bits per heavy atom. The molecule has 0 radical (unpaired) electrons. The van der Waals surface area contributed by atoms with E-state index in [4.69, 9.17) is 14.2 Å². The fraction of sp³-hybridized carbons (Fsp3) is 0.619. The maximum Gasteiger partial charge on any atom is 0.410 e. The number of carbonyl (C=O) groups excluding carboxylic acids is 1. The van der Waals surface area contributed by atoms with Crippen molar-refractivity contribution in [3.63, 3.8) is 0 Å². The number of benzene rings is 1. The van der Waals surface area contributed by atoms with E-state index in [2.05, 4.69) is 15.6 Å². The van der Waals surface area contributed by atoms with Crippen molar-refractivity contribution in [3.8, 4) is 11.5 Å². The van der Waals surface area contributed by atoms with Crippen LogP contribution < -0.4 is 20.1 Å². The predicted molar refractivity (Wildman–Crippen MR) is 129 cm³/mol. The molecule has 170 valence electrons. The number of aryl methyl sites for hydroxylation is 1. The number of amides is 1. The van der Waals surface area contributed by atoms with E-state index in [0.29, 0.717) is 13.1 Å². The van der Waals surface area contributed by atoms with Crippen LogP contribution in [0.2, 0.25) is 0 Å². The maximum atomic E-state index is 12.0. The Labute approximate surface area is 196 Å². The number of guanidine groups is 1. The van der Waals surface area contributed by atoms with Crippen LogP contribution in [0.15, 0.2) is 23.2 Å². The highest BCUT2D eigenvalue weighted by atomic mass is 127. The van der Waals surface area contributed by atoms with E-state index in [1.807, 2.05) is 39.0 Å². The molecule has 1 aliphatic rings. The molecule has 0 aromatic heterocycles. The Morgan fingerprint density at radius 2 is 1.87 bits per heavy atom. The zero-order valence-corrected chi connectivity index (χ0v) is 21.1. The Balaban J connectivity index is 0.00000450. The van der Waals surface area contributed by atoms with E-state index < -0.39 is 5.60 Å². The molecule has 1 saturated heterocycles. The van der Waals surface area contributed by atoms with Gasteiger partial charge in [-0.1, -0.05) is 6.07 Å². The summed E-state index contributed by atoms with van der Waals surface area (Å²) in [7, 11) is 5.02. The molecule has 0 atom stereocenters. The number of rotatable bonds is 7. The van der Waals surface area contributed by atoms with Gasteiger partial charge in [0.1, 0.15) is 5.60 Å². The molecule has 1 amide bonds. The lowest BCUT2D eigenvalue weighted by molar-refractivity contribution is 0.00701. The van der Waals surface area contributed by atoms with Gasteiger partial charge in [0.15, 0.2) is 17.5 Å². The van der Waals surface area contributed by atoms with Gasteiger partial charge < -0.3 is 29.7 Å². The number of halogens is 1. The summed E-state index contributed by atoms with van der Waals surface area (Å²) in [4.78, 5) is 17.9. The van der Waals surface area contributed by atoms with E-state index in [-0.39, 0.29) is 36.1 Å². The quantitative estimate of drug-likeness (QED) is 0.242. The highest BCUT2D eigenvalue weighted by Gasteiger charge is 2.34. The first-order valence-electron chi connectivity index (χ1n) is 9.91. The number of hydrogen-bond donors (Lipinski definition) is 2. The molecule has 0 saturated carbocycles. The number of methoxy groups -OCH3 is 2. The molecule has 2 rings (SSSR count). The molecule has 9 heteroatoms. The van der Waals surface area contributed by atoms with Crippen molar-refractivity contribution in [3.05, 3.63) is 23.8 Å². The molecule has 0 bridgehead atoms. The number of nitrogens with zero attached hydrogens (tertiary/aromatic N) is 2. The normalized spacial score (nSPS) is 14.3. The molecule has 1 heterocycles. The lowest BCUT2D eigenvalue weighted by atomic mass is 10.1. The topological polar surface area (TPSA) is 84.4 Å². The van der Waals surface area contributed by atoms with Crippen LogP contribution in [0.4, 0.5) is 4.79 Å². The third-order valence-electron chi connectivity index (χ3n) is 4.48. The van der Waals surface area contributed by atoms with Gasteiger partial charge in [-0.3, -0.25) is 4.99 Å². The smallest absolute Gasteiger partial charge is 0.410 e. The van der Waals surface area contributed by atoms with Gasteiger partial charge in [-0.2, -0.15) is 0 Å². The fourth-order valence-corrected chi connectivity index (χ4v) is 2.97. The summed E-state index contributed by atoms with van der Waals surface area (Å²) in [6.45, 7) is 7.62. The number of hydrogen-bond acceptors (Lipinski definition) is 5. The second-order valence-corrected chi connectivity index (χ2v) is 8.02. The SMILES string of the molecule is CN=C(NCCCc1ccc(OC)c(OC)c1)NC1CN(C(=O)OC(C)(C)C)C1.I. The Morgan fingerprint density at radius 3 is 2.43 bits per heavy atom. The predicted octanol–water partition coefficient (Wildman–Crippen LogP) is 3.04. The Kier molecular flexibility index (Phi) is 10.5. The van der Waals surface area contributed by atoms with Gasteiger partial charge in [0.2, 0.25) is 0 Å². The molecule has 0 spiro atoms. The molecule has 1 aromatic rings. The zero-order chi connectivity index (χ0) is 21.4. The maximum absolute atomic E-state index is 12.0. The summed E-state index contributed by atoms with van der Waals surface area (Å²) in [5, 5.41) is 6.66. The van der Waals surface area contributed by atoms with Crippen molar-refractivity contribution < 1.29 is 19.0 Å². The molecule has 1 aromatic carbocycles. The largest absolute Gasteiger partial charge is 0.493 e. The first-order valence-corrected chi connectivity index (χ1v) is 9.91. The minimum absolute atomic E-state index is 0. The van der Waals surface area contributed by atoms with Crippen molar-refractivity contribution in [2.75, 3.05) is 40.9 Å². The Hall–Kier alpha value is -1.91. The van der Waals surface area contributed by atoms with Crippen molar-refractivity contribution in [2.45, 2.75) is 45.3 Å². The fourth-order valence-electron chi connectivity index (χ4n) is 2.97. The third kappa shape index (κ3) is 8.08. The van der Waals surface area contributed by atoms with E-state index >= 15 is 0 Å². The van der Waals surface area contributed by atoms with Crippen LogP contribution in [0.5, 0.6) is 11.5 Å². The summed E-state index contributed by atoms with van der Waals surface area (Å²) in [5.41, 5.74) is 0.723. The van der Waals surface area contributed by atoms with E-state index in [0.717, 1.165) is 36.8 Å². The monoisotopic (exact) mass is 534 g/mol. The number of aliphatic imine (C=N–C) groups is 1. The van der Waals surface area contributed by atoms with E-state index in [1.165, 1.54) is 5.56 Å². The average molecular weight is 534 g/mol. The number of likely N-dealkylation sites (tertiary alicyclic amines) is 1. The molecular weight excluding hydrogens is 499 g/mol. The summed E-state index contributed by atoms with van der Waals surface area (Å²) in [6.07, 6.45) is 1.60. The first-order chi connectivity index (χ1) is 13.8. The second-order valence-electron chi connectivity index (χ2n) is 8.02. The summed E-state index contributed by atoms with van der Waals surface area (Å²) in [5.74, 6) is 2.22. The van der Waals surface area contributed by atoms with Crippen LogP contribution in [-0.4, -0.2) is 69.5 Å². The van der Waals surface area contributed by atoms with Gasteiger partial charge in [0, 0.05) is 26.7 Å². The molecule has 2 N–H and O–H groups in total. The van der Waals surface area contributed by atoms with Crippen LogP contribution in [0, 0.1) is 0 Å². The zero-order valence-electron chi connectivity index (χ0n) is 18.8. The van der Waals surface area contributed by atoms with Crippen LogP contribution in [0.1, 0.15) is 32.8 Å². The summed E-state index contributed by atoms with van der Waals surface area (Å²) < 4.78 is 16.0. The number of carbonyl (C=O) groups is 1. The molecule has 1 aliphatic heterocycles. The van der Waals surface area contributed by atoms with Gasteiger partial charge in [-0.05, 0) is 51.3 Å². The standard InChI is InChI=1S/C21H34N4O4.HI/c1-21(2,3)29-20(26)25-13-16(14-25)24-19(22-4)23-11-7-8-15-9-10-17(27-5)18(12-15)28-6;/h9-10,12,16H,7-8,11,13-14H2,1-6H3,(H2,22,23,24);1H. The Bertz CT molecular complexity index is 715. The minimum atomic E-state index is -0.471. The third-order valence-corrected chi connectivity index (χ3v) is 4.48. The minimum Gasteiger partial charge on any atom is -0.493 e. The van der Waals surface area contributed by atoms with Crippen molar-refractivity contribution in [2.24, 2.45) is 4.99 Å². The van der Waals surface area contributed by atoms with Crippen molar-refractivity contribution in [1.29, 1.82) is 0 Å². The van der Waals surface area contributed by atoms with Gasteiger partial charge in [-0.25, -0.2) is 4.79 Å². The highest BCUT2D eigenvalue weighted by molar-refractivity contribution is 14.0. The molecule has 0 unspecified atom stereocenters. The van der Waals surface area contributed by atoms with Gasteiger partial charge in [0.25, 0.3) is 0 Å². The second kappa shape index (κ2) is 12.1. The highest BCUT2D eigenvalue weighted by Crippen LogP contribution is 2.27. The van der Waals surface area contributed by atoms with E-state index in [9.17, 15) is 4.79 Å². The molecule has 8 nitrogen and oxygen atoms in total. The molecule has 0 aliphatic carbocycles. The number of ether oxygens (including phenoxy) is 3. The van der Waals surface area contributed by atoms with Crippen molar-refractivity contribution in [1.82, 2.24) is 15.5 Å². The number of nitrogens with one attached hydrogen (secondary N) is 2. The van der Waals surface area contributed by atoms with E-state index in [1.54, 1.807) is 26.2 Å². The lowest BCUT2D eigenvalue weighted by Gasteiger charge is -2.40. The lowest BCUT2D eigenvalue weighted by Crippen LogP contribution is -2.63. The van der Waals surface area contributed by atoms with Crippen molar-refractivity contribution >= 4 is 36.0 Å². The van der Waals surface area contributed by atoms with Crippen LogP contribution in [0.25, 0.3) is 0 Å². The molecule has 1 fully saturated rings. The van der Waals surface area contributed by atoms with Crippen LogP contribution >= 0.6 is 24.0 Å². The summed E-state index contributed by atoms with van der Waals surface area (Å²) in [6, 6.07) is 6.16. The van der Waals surface area contributed by atoms with Crippen LogP contribution in [0.3, 0.4) is 0 Å². The first kappa shape index (κ1) is 26.1.